The number of phenols is 2. The van der Waals surface area contributed by atoms with Gasteiger partial charge in [-0.15, -0.1) is 0 Å². The molecule has 0 radical (unpaired) electrons. The number of aromatic hydroxyl groups is 2. The van der Waals surface area contributed by atoms with Crippen LogP contribution in [0, 0.1) is 0 Å². The normalized spacial score (nSPS) is 17.5. The predicted octanol–water partition coefficient (Wildman–Crippen LogP) is 3.82. The van der Waals surface area contributed by atoms with Gasteiger partial charge < -0.3 is 39.0 Å². The molecule has 0 saturated heterocycles. The Balaban J connectivity index is 1.89. The first-order valence-electron chi connectivity index (χ1n) is 10.5. The minimum absolute atomic E-state index is 0.0865. The lowest BCUT2D eigenvalue weighted by Crippen LogP contribution is -2.36. The third kappa shape index (κ3) is 5.20. The molecular formula is C24H30O8. The topological polar surface area (TPSA) is 107 Å². The standard InChI is InChI=1S/C24H30O8/c1-4-5-8-30-9-6-7-15-10-19(29-3)24-20(11-15)31-23(21(14-25)32-24)16-12-17(26)22(27)18(13-16)28-2/h6-7,10-13,21,23,25-27H,4-5,8-9,14H2,1-3H3. The van der Waals surface area contributed by atoms with Crippen LogP contribution >= 0.6 is 0 Å². The van der Waals surface area contributed by atoms with Crippen molar-refractivity contribution in [1.29, 1.82) is 0 Å². The summed E-state index contributed by atoms with van der Waals surface area (Å²) in [6, 6.07) is 6.51. The summed E-state index contributed by atoms with van der Waals surface area (Å²) in [6.45, 7) is 3.00. The number of unbranched alkanes of at least 4 members (excludes halogenated alkanes) is 1. The van der Waals surface area contributed by atoms with E-state index in [0.29, 0.717) is 29.4 Å². The highest BCUT2D eigenvalue weighted by atomic mass is 16.6. The van der Waals surface area contributed by atoms with Crippen molar-refractivity contribution in [2.75, 3.05) is 34.0 Å². The minimum Gasteiger partial charge on any atom is -0.504 e. The van der Waals surface area contributed by atoms with Gasteiger partial charge in [-0.25, -0.2) is 0 Å². The van der Waals surface area contributed by atoms with Gasteiger partial charge in [0.05, 0.1) is 27.4 Å². The Kier molecular flexibility index (Phi) is 8.08. The number of fused-ring (bicyclic) bond motifs is 1. The van der Waals surface area contributed by atoms with Crippen LogP contribution in [0.25, 0.3) is 6.08 Å². The third-order valence-corrected chi connectivity index (χ3v) is 5.10. The summed E-state index contributed by atoms with van der Waals surface area (Å²) in [7, 11) is 2.91. The Morgan fingerprint density at radius 2 is 1.81 bits per heavy atom. The quantitative estimate of drug-likeness (QED) is 0.374. The lowest BCUT2D eigenvalue weighted by Gasteiger charge is -2.34. The summed E-state index contributed by atoms with van der Waals surface area (Å²) in [5.41, 5.74) is 1.31. The first kappa shape index (κ1) is 23.6. The van der Waals surface area contributed by atoms with Crippen LogP contribution in [0.2, 0.25) is 0 Å². The van der Waals surface area contributed by atoms with Gasteiger partial charge in [0.15, 0.2) is 35.2 Å². The smallest absolute Gasteiger partial charge is 0.204 e. The lowest BCUT2D eigenvalue weighted by atomic mass is 10.0. The lowest BCUT2D eigenvalue weighted by molar-refractivity contribution is -0.0142. The van der Waals surface area contributed by atoms with Crippen molar-refractivity contribution in [2.45, 2.75) is 32.0 Å². The summed E-state index contributed by atoms with van der Waals surface area (Å²) >= 11 is 0. The average Bonchev–Trinajstić information content (AvgIpc) is 2.81. The van der Waals surface area contributed by atoms with Crippen molar-refractivity contribution in [3.63, 3.8) is 0 Å². The molecule has 1 heterocycles. The number of methoxy groups -OCH3 is 2. The number of hydrogen-bond acceptors (Lipinski definition) is 8. The van der Waals surface area contributed by atoms with Gasteiger partial charge in [-0.1, -0.05) is 25.5 Å². The second-order valence-corrected chi connectivity index (χ2v) is 7.35. The van der Waals surface area contributed by atoms with E-state index in [0.717, 1.165) is 25.0 Å². The number of aliphatic hydroxyl groups excluding tert-OH is 1. The molecule has 0 aromatic heterocycles. The van der Waals surface area contributed by atoms with E-state index in [4.69, 9.17) is 23.7 Å². The first-order valence-corrected chi connectivity index (χ1v) is 10.5. The number of hydrogen-bond donors (Lipinski definition) is 3. The number of ether oxygens (including phenoxy) is 5. The van der Waals surface area contributed by atoms with Gasteiger partial charge in [0.25, 0.3) is 0 Å². The van der Waals surface area contributed by atoms with E-state index in [1.807, 2.05) is 18.2 Å². The molecule has 0 saturated carbocycles. The molecular weight excluding hydrogens is 416 g/mol. The van der Waals surface area contributed by atoms with Crippen molar-refractivity contribution in [1.82, 2.24) is 0 Å². The number of phenolic OH excluding ortho intramolecular Hbond substituents is 2. The van der Waals surface area contributed by atoms with Gasteiger partial charge in [-0.3, -0.25) is 0 Å². The van der Waals surface area contributed by atoms with Crippen LogP contribution in [0.4, 0.5) is 0 Å². The molecule has 3 N–H and O–H groups in total. The Morgan fingerprint density at radius 3 is 2.50 bits per heavy atom. The van der Waals surface area contributed by atoms with Crippen LogP contribution in [0.1, 0.15) is 37.0 Å². The van der Waals surface area contributed by atoms with Crippen molar-refractivity contribution in [3.8, 4) is 34.5 Å². The predicted molar refractivity (Wildman–Crippen MR) is 119 cm³/mol. The summed E-state index contributed by atoms with van der Waals surface area (Å²) in [5, 5.41) is 29.9. The molecule has 8 heteroatoms. The number of rotatable bonds is 10. The maximum Gasteiger partial charge on any atom is 0.204 e. The summed E-state index contributed by atoms with van der Waals surface area (Å²) < 4.78 is 28.3. The van der Waals surface area contributed by atoms with E-state index in [1.54, 1.807) is 6.07 Å². The maximum absolute atomic E-state index is 10.1. The fraction of sp³-hybridized carbons (Fsp3) is 0.417. The molecule has 0 bridgehead atoms. The highest BCUT2D eigenvalue weighted by Gasteiger charge is 2.35. The van der Waals surface area contributed by atoms with Crippen LogP contribution in [0.15, 0.2) is 30.3 Å². The van der Waals surface area contributed by atoms with E-state index in [-0.39, 0.29) is 23.9 Å². The first-order chi connectivity index (χ1) is 15.5. The molecule has 174 valence electrons. The van der Waals surface area contributed by atoms with Crippen LogP contribution in [-0.4, -0.2) is 55.5 Å². The van der Waals surface area contributed by atoms with Gasteiger partial charge in [0.2, 0.25) is 11.5 Å². The van der Waals surface area contributed by atoms with Crippen molar-refractivity contribution in [2.24, 2.45) is 0 Å². The number of benzene rings is 2. The SMILES string of the molecule is CCCCOCC=Cc1cc(OC)c2c(c1)OC(c1cc(O)c(O)c(OC)c1)C(CO)O2. The summed E-state index contributed by atoms with van der Waals surface area (Å²) in [6.07, 6.45) is 4.41. The minimum atomic E-state index is -0.765. The van der Waals surface area contributed by atoms with Gasteiger partial charge in [0, 0.05) is 12.2 Å². The molecule has 0 amide bonds. The Bertz CT molecular complexity index is 940. The van der Waals surface area contributed by atoms with E-state index in [1.165, 1.54) is 26.4 Å². The van der Waals surface area contributed by atoms with E-state index in [9.17, 15) is 15.3 Å². The van der Waals surface area contributed by atoms with E-state index in [2.05, 4.69) is 6.92 Å². The molecule has 32 heavy (non-hydrogen) atoms. The van der Waals surface area contributed by atoms with Gasteiger partial charge >= 0.3 is 0 Å². The Labute approximate surface area is 187 Å². The Hall–Kier alpha value is -3.10. The maximum atomic E-state index is 10.1. The zero-order chi connectivity index (χ0) is 23.1. The highest BCUT2D eigenvalue weighted by molar-refractivity contribution is 5.63. The van der Waals surface area contributed by atoms with Crippen LogP contribution in [0.5, 0.6) is 34.5 Å². The van der Waals surface area contributed by atoms with E-state index < -0.39 is 12.2 Å². The molecule has 0 aliphatic carbocycles. The number of aliphatic hydroxyl groups is 1. The Morgan fingerprint density at radius 1 is 1.03 bits per heavy atom. The van der Waals surface area contributed by atoms with Crippen molar-refractivity contribution in [3.05, 3.63) is 41.5 Å². The highest BCUT2D eigenvalue weighted by Crippen LogP contribution is 2.48. The fourth-order valence-electron chi connectivity index (χ4n) is 3.41. The molecule has 1 aliphatic heterocycles. The molecule has 8 nitrogen and oxygen atoms in total. The second-order valence-electron chi connectivity index (χ2n) is 7.35. The second kappa shape index (κ2) is 11.0. The third-order valence-electron chi connectivity index (χ3n) is 5.10. The van der Waals surface area contributed by atoms with Gasteiger partial charge in [-0.2, -0.15) is 0 Å². The molecule has 0 fully saturated rings. The molecule has 2 unspecified atom stereocenters. The van der Waals surface area contributed by atoms with Crippen molar-refractivity contribution >= 4 is 6.08 Å². The molecule has 2 aromatic carbocycles. The van der Waals surface area contributed by atoms with Crippen LogP contribution in [-0.2, 0) is 4.74 Å². The summed E-state index contributed by atoms with van der Waals surface area (Å²) in [4.78, 5) is 0. The average molecular weight is 446 g/mol. The zero-order valence-electron chi connectivity index (χ0n) is 18.5. The van der Waals surface area contributed by atoms with Gasteiger partial charge in [0.1, 0.15) is 0 Å². The van der Waals surface area contributed by atoms with Crippen LogP contribution in [0.3, 0.4) is 0 Å². The van der Waals surface area contributed by atoms with Crippen molar-refractivity contribution < 1.29 is 39.0 Å². The molecule has 1 aliphatic rings. The fourth-order valence-corrected chi connectivity index (χ4v) is 3.41. The largest absolute Gasteiger partial charge is 0.504 e. The molecule has 0 spiro atoms. The van der Waals surface area contributed by atoms with Gasteiger partial charge in [-0.05, 0) is 36.2 Å². The van der Waals surface area contributed by atoms with E-state index >= 15 is 0 Å². The summed E-state index contributed by atoms with van der Waals surface area (Å²) in [5.74, 6) is 0.638. The monoisotopic (exact) mass is 446 g/mol. The molecule has 2 atom stereocenters. The molecule has 3 rings (SSSR count). The molecule has 2 aromatic rings. The zero-order valence-corrected chi connectivity index (χ0v) is 18.5. The van der Waals surface area contributed by atoms with Crippen LogP contribution < -0.4 is 18.9 Å².